The highest BCUT2D eigenvalue weighted by atomic mass is 15.3. The van der Waals surface area contributed by atoms with Crippen LogP contribution in [0.15, 0.2) is 0 Å². The molecule has 0 aromatic heterocycles. The van der Waals surface area contributed by atoms with E-state index < -0.39 is 0 Å². The van der Waals surface area contributed by atoms with Gasteiger partial charge in [-0.05, 0) is 46.2 Å². The Balaban J connectivity index is 1.96. The fraction of sp³-hybridized carbons (Fsp3) is 1.00. The molecule has 3 heteroatoms. The second kappa shape index (κ2) is 5.89. The zero-order chi connectivity index (χ0) is 13.2. The lowest BCUT2D eigenvalue weighted by Crippen LogP contribution is -2.63. The lowest BCUT2D eigenvalue weighted by atomic mass is 9.88. The van der Waals surface area contributed by atoms with Crippen molar-refractivity contribution in [3.05, 3.63) is 0 Å². The second-order valence-corrected chi connectivity index (χ2v) is 6.39. The average molecular weight is 253 g/mol. The first-order valence-electron chi connectivity index (χ1n) is 7.79. The summed E-state index contributed by atoms with van der Waals surface area (Å²) in [7, 11) is 2.26. The molecule has 0 bridgehead atoms. The van der Waals surface area contributed by atoms with Gasteiger partial charge in [-0.2, -0.15) is 0 Å². The molecule has 18 heavy (non-hydrogen) atoms. The predicted octanol–water partition coefficient (Wildman–Crippen LogP) is 1.93. The van der Waals surface area contributed by atoms with Crippen molar-refractivity contribution in [2.75, 3.05) is 33.2 Å². The van der Waals surface area contributed by atoms with Gasteiger partial charge in [0.1, 0.15) is 0 Å². The van der Waals surface area contributed by atoms with E-state index in [-0.39, 0.29) is 0 Å². The number of hydrogen-bond donors (Lipinski definition) is 1. The monoisotopic (exact) mass is 253 g/mol. The molecule has 2 saturated heterocycles. The molecule has 2 aliphatic heterocycles. The summed E-state index contributed by atoms with van der Waals surface area (Å²) < 4.78 is 0. The number of piperazine rings is 1. The van der Waals surface area contributed by atoms with Crippen LogP contribution in [-0.4, -0.2) is 60.6 Å². The SMILES string of the molecule is CCC1(CC)CN(C2CCN(C)C(C)C2)CCN1. The highest BCUT2D eigenvalue weighted by molar-refractivity contribution is 4.96. The fourth-order valence-corrected chi connectivity index (χ4v) is 3.62. The molecule has 2 heterocycles. The lowest BCUT2D eigenvalue weighted by Gasteiger charge is -2.48. The number of hydrogen-bond acceptors (Lipinski definition) is 3. The van der Waals surface area contributed by atoms with Gasteiger partial charge in [0.15, 0.2) is 0 Å². The molecule has 0 spiro atoms. The smallest absolute Gasteiger partial charge is 0.0304 e. The van der Waals surface area contributed by atoms with Crippen LogP contribution in [0, 0.1) is 0 Å². The maximum atomic E-state index is 3.77. The Morgan fingerprint density at radius 1 is 1.22 bits per heavy atom. The van der Waals surface area contributed by atoms with Gasteiger partial charge in [-0.15, -0.1) is 0 Å². The van der Waals surface area contributed by atoms with Crippen LogP contribution in [-0.2, 0) is 0 Å². The van der Waals surface area contributed by atoms with Crippen molar-refractivity contribution in [3.8, 4) is 0 Å². The van der Waals surface area contributed by atoms with Crippen LogP contribution in [0.3, 0.4) is 0 Å². The van der Waals surface area contributed by atoms with Crippen molar-refractivity contribution in [3.63, 3.8) is 0 Å². The van der Waals surface area contributed by atoms with Gasteiger partial charge in [-0.3, -0.25) is 4.90 Å². The molecule has 2 rings (SSSR count). The molecule has 0 amide bonds. The molecule has 1 N–H and O–H groups in total. The molecule has 0 aromatic carbocycles. The third-order valence-electron chi connectivity index (χ3n) is 5.46. The van der Waals surface area contributed by atoms with E-state index in [0.29, 0.717) is 5.54 Å². The van der Waals surface area contributed by atoms with Gasteiger partial charge >= 0.3 is 0 Å². The highest BCUT2D eigenvalue weighted by Gasteiger charge is 2.36. The second-order valence-electron chi connectivity index (χ2n) is 6.39. The van der Waals surface area contributed by atoms with E-state index in [9.17, 15) is 0 Å². The van der Waals surface area contributed by atoms with Crippen molar-refractivity contribution in [2.24, 2.45) is 0 Å². The molecule has 2 fully saturated rings. The first-order chi connectivity index (χ1) is 8.60. The van der Waals surface area contributed by atoms with Crippen LogP contribution < -0.4 is 5.32 Å². The minimum atomic E-state index is 0.380. The number of likely N-dealkylation sites (tertiary alicyclic amines) is 1. The van der Waals surface area contributed by atoms with Crippen LogP contribution in [0.1, 0.15) is 46.5 Å². The van der Waals surface area contributed by atoms with Gasteiger partial charge in [0.25, 0.3) is 0 Å². The Hall–Kier alpha value is -0.120. The normalized spacial score (nSPS) is 34.7. The Morgan fingerprint density at radius 2 is 1.94 bits per heavy atom. The van der Waals surface area contributed by atoms with Crippen LogP contribution >= 0.6 is 0 Å². The number of rotatable bonds is 3. The van der Waals surface area contributed by atoms with Gasteiger partial charge < -0.3 is 10.2 Å². The highest BCUT2D eigenvalue weighted by Crippen LogP contribution is 2.26. The number of nitrogens with one attached hydrogen (secondary N) is 1. The summed E-state index contributed by atoms with van der Waals surface area (Å²) in [5.74, 6) is 0. The van der Waals surface area contributed by atoms with Gasteiger partial charge in [0.05, 0.1) is 0 Å². The largest absolute Gasteiger partial charge is 0.309 e. The van der Waals surface area contributed by atoms with Crippen molar-refractivity contribution in [1.29, 1.82) is 0 Å². The molecular formula is C15H31N3. The first-order valence-corrected chi connectivity index (χ1v) is 7.79. The van der Waals surface area contributed by atoms with Crippen molar-refractivity contribution >= 4 is 0 Å². The molecule has 0 saturated carbocycles. The Morgan fingerprint density at radius 3 is 2.56 bits per heavy atom. The summed E-state index contributed by atoms with van der Waals surface area (Å²) in [6, 6.07) is 1.56. The van der Waals surface area contributed by atoms with Crippen LogP contribution in [0.2, 0.25) is 0 Å². The Bertz CT molecular complexity index is 262. The quantitative estimate of drug-likeness (QED) is 0.829. The van der Waals surface area contributed by atoms with E-state index >= 15 is 0 Å². The Kier molecular flexibility index (Phi) is 4.68. The minimum Gasteiger partial charge on any atom is -0.309 e. The first kappa shape index (κ1) is 14.3. The van der Waals surface area contributed by atoms with E-state index in [1.54, 1.807) is 0 Å². The van der Waals surface area contributed by atoms with Crippen molar-refractivity contribution in [1.82, 2.24) is 15.1 Å². The summed E-state index contributed by atoms with van der Waals surface area (Å²) in [5.41, 5.74) is 0.380. The maximum absolute atomic E-state index is 3.77. The third kappa shape index (κ3) is 2.89. The van der Waals surface area contributed by atoms with Gasteiger partial charge in [-0.25, -0.2) is 0 Å². The molecular weight excluding hydrogens is 222 g/mol. The standard InChI is InChI=1S/C15H31N3/c1-5-15(6-2)12-18(10-8-16-15)14-7-9-17(4)13(3)11-14/h13-14,16H,5-12H2,1-4H3. The van der Waals surface area contributed by atoms with Gasteiger partial charge in [0.2, 0.25) is 0 Å². The average Bonchev–Trinajstić information content (AvgIpc) is 2.42. The van der Waals surface area contributed by atoms with E-state index in [1.165, 1.54) is 51.9 Å². The molecule has 3 nitrogen and oxygen atoms in total. The summed E-state index contributed by atoms with van der Waals surface area (Å²) in [4.78, 5) is 5.28. The van der Waals surface area contributed by atoms with E-state index in [1.807, 2.05) is 0 Å². The molecule has 2 atom stereocenters. The molecule has 106 valence electrons. The summed E-state index contributed by atoms with van der Waals surface area (Å²) in [6.07, 6.45) is 5.20. The van der Waals surface area contributed by atoms with E-state index in [2.05, 4.69) is 42.9 Å². The van der Waals surface area contributed by atoms with Crippen molar-refractivity contribution < 1.29 is 0 Å². The fourth-order valence-electron chi connectivity index (χ4n) is 3.62. The molecule has 0 aliphatic carbocycles. The predicted molar refractivity (Wildman–Crippen MR) is 78.0 cm³/mol. The summed E-state index contributed by atoms with van der Waals surface area (Å²) >= 11 is 0. The summed E-state index contributed by atoms with van der Waals surface area (Å²) in [6.45, 7) is 12.0. The van der Waals surface area contributed by atoms with Crippen LogP contribution in [0.5, 0.6) is 0 Å². The van der Waals surface area contributed by atoms with E-state index in [4.69, 9.17) is 0 Å². The molecule has 2 aliphatic rings. The minimum absolute atomic E-state index is 0.380. The molecule has 0 radical (unpaired) electrons. The maximum Gasteiger partial charge on any atom is 0.0304 e. The van der Waals surface area contributed by atoms with E-state index in [0.717, 1.165) is 12.1 Å². The zero-order valence-corrected chi connectivity index (χ0v) is 12.7. The molecule has 0 aromatic rings. The van der Waals surface area contributed by atoms with Crippen LogP contribution in [0.4, 0.5) is 0 Å². The Labute approximate surface area is 113 Å². The van der Waals surface area contributed by atoms with Crippen LogP contribution in [0.25, 0.3) is 0 Å². The number of nitrogens with zero attached hydrogens (tertiary/aromatic N) is 2. The lowest BCUT2D eigenvalue weighted by molar-refractivity contribution is 0.0394. The topological polar surface area (TPSA) is 18.5 Å². The zero-order valence-electron chi connectivity index (χ0n) is 12.7. The van der Waals surface area contributed by atoms with Crippen molar-refractivity contribution in [2.45, 2.75) is 64.1 Å². The molecule has 2 unspecified atom stereocenters. The van der Waals surface area contributed by atoms with Gasteiger partial charge in [0, 0.05) is 37.3 Å². The number of piperidine rings is 1. The summed E-state index contributed by atoms with van der Waals surface area (Å²) in [5, 5.41) is 3.77. The third-order valence-corrected chi connectivity index (χ3v) is 5.46. The van der Waals surface area contributed by atoms with Gasteiger partial charge in [-0.1, -0.05) is 13.8 Å².